The topological polar surface area (TPSA) is 58.1 Å². The molecule has 1 amide bonds. The standard InChI is InChI=1S/C24H24N4O/c29-24(28-15-14-17-8-4-7-13-21(17)28)20-16-22(25-19-11-5-6-12-19)27-23(26-20)18-9-2-1-3-10-18/h1-4,7-10,13,16,19H,5-6,11-12,14-15H2,(H,25,26,27). The Bertz CT molecular complexity index is 1030. The van der Waals surface area contributed by atoms with Gasteiger partial charge in [0.15, 0.2) is 5.82 Å². The van der Waals surface area contributed by atoms with Gasteiger partial charge >= 0.3 is 0 Å². The predicted octanol–water partition coefficient (Wildman–Crippen LogP) is 4.70. The van der Waals surface area contributed by atoms with Crippen LogP contribution < -0.4 is 10.2 Å². The average Bonchev–Trinajstić information content (AvgIpc) is 3.43. The fourth-order valence-corrected chi connectivity index (χ4v) is 4.31. The van der Waals surface area contributed by atoms with Gasteiger partial charge in [0.25, 0.3) is 5.91 Å². The molecule has 0 saturated heterocycles. The lowest BCUT2D eigenvalue weighted by molar-refractivity contribution is 0.0984. The van der Waals surface area contributed by atoms with Crippen molar-refractivity contribution in [2.24, 2.45) is 0 Å². The third kappa shape index (κ3) is 3.60. The van der Waals surface area contributed by atoms with Crippen LogP contribution in [0.4, 0.5) is 11.5 Å². The maximum absolute atomic E-state index is 13.4. The fraction of sp³-hybridized carbons (Fsp3) is 0.292. The first-order valence-corrected chi connectivity index (χ1v) is 10.4. The Morgan fingerprint density at radius 2 is 1.72 bits per heavy atom. The SMILES string of the molecule is O=C(c1cc(NC2CCCC2)nc(-c2ccccc2)n1)N1CCc2ccccc21. The van der Waals surface area contributed by atoms with Gasteiger partial charge in [0, 0.05) is 29.9 Å². The molecule has 0 unspecified atom stereocenters. The van der Waals surface area contributed by atoms with Crippen molar-refractivity contribution in [1.82, 2.24) is 9.97 Å². The van der Waals surface area contributed by atoms with E-state index in [0.29, 0.717) is 24.1 Å². The third-order valence-corrected chi connectivity index (χ3v) is 5.82. The zero-order chi connectivity index (χ0) is 19.6. The minimum atomic E-state index is -0.0657. The number of benzene rings is 2. The lowest BCUT2D eigenvalue weighted by atomic mass is 10.2. The van der Waals surface area contributed by atoms with Gasteiger partial charge in [-0.25, -0.2) is 9.97 Å². The summed E-state index contributed by atoms with van der Waals surface area (Å²) in [6.07, 6.45) is 5.65. The van der Waals surface area contributed by atoms with Crippen molar-refractivity contribution in [2.75, 3.05) is 16.8 Å². The Hall–Kier alpha value is -3.21. The van der Waals surface area contributed by atoms with Crippen LogP contribution in [0.1, 0.15) is 41.7 Å². The zero-order valence-corrected chi connectivity index (χ0v) is 16.3. The smallest absolute Gasteiger partial charge is 0.277 e. The van der Waals surface area contributed by atoms with Crippen LogP contribution in [0.5, 0.6) is 0 Å². The van der Waals surface area contributed by atoms with E-state index in [1.807, 2.05) is 59.5 Å². The molecule has 1 saturated carbocycles. The van der Waals surface area contributed by atoms with E-state index in [2.05, 4.69) is 16.4 Å². The van der Waals surface area contributed by atoms with E-state index in [1.165, 1.54) is 18.4 Å². The minimum absolute atomic E-state index is 0.0657. The number of fused-ring (bicyclic) bond motifs is 1. The highest BCUT2D eigenvalue weighted by atomic mass is 16.2. The molecule has 2 aliphatic rings. The third-order valence-electron chi connectivity index (χ3n) is 5.82. The van der Waals surface area contributed by atoms with E-state index in [1.54, 1.807) is 0 Å². The molecule has 3 aromatic rings. The molecule has 5 rings (SSSR count). The van der Waals surface area contributed by atoms with Crippen LogP contribution in [0.3, 0.4) is 0 Å². The molecule has 2 aromatic carbocycles. The molecular weight excluding hydrogens is 360 g/mol. The Morgan fingerprint density at radius 1 is 0.966 bits per heavy atom. The largest absolute Gasteiger partial charge is 0.367 e. The summed E-state index contributed by atoms with van der Waals surface area (Å²) in [5.74, 6) is 1.26. The van der Waals surface area contributed by atoms with Gasteiger partial charge in [0.1, 0.15) is 11.5 Å². The van der Waals surface area contributed by atoms with Crippen molar-refractivity contribution >= 4 is 17.4 Å². The van der Waals surface area contributed by atoms with Crippen molar-refractivity contribution < 1.29 is 4.79 Å². The molecule has 5 heteroatoms. The molecule has 29 heavy (non-hydrogen) atoms. The first-order chi connectivity index (χ1) is 14.3. The number of aromatic nitrogens is 2. The Balaban J connectivity index is 1.52. The molecule has 1 aliphatic heterocycles. The van der Waals surface area contributed by atoms with Crippen molar-refractivity contribution in [3.63, 3.8) is 0 Å². The lowest BCUT2D eigenvalue weighted by Crippen LogP contribution is -2.30. The van der Waals surface area contributed by atoms with E-state index in [-0.39, 0.29) is 5.91 Å². The summed E-state index contributed by atoms with van der Waals surface area (Å²) in [6.45, 7) is 0.689. The van der Waals surface area contributed by atoms with Gasteiger partial charge in [-0.05, 0) is 30.9 Å². The van der Waals surface area contributed by atoms with Crippen LogP contribution >= 0.6 is 0 Å². The molecule has 0 spiro atoms. The Morgan fingerprint density at radius 3 is 2.55 bits per heavy atom. The summed E-state index contributed by atoms with van der Waals surface area (Å²) in [6, 6.07) is 20.2. The van der Waals surface area contributed by atoms with Crippen LogP contribution in [-0.4, -0.2) is 28.5 Å². The summed E-state index contributed by atoms with van der Waals surface area (Å²) in [7, 11) is 0. The van der Waals surface area contributed by atoms with E-state index in [9.17, 15) is 4.79 Å². The number of carbonyl (C=O) groups is 1. The summed E-state index contributed by atoms with van der Waals surface area (Å²) >= 11 is 0. The lowest BCUT2D eigenvalue weighted by Gasteiger charge is -2.19. The van der Waals surface area contributed by atoms with Gasteiger partial charge in [0.2, 0.25) is 0 Å². The molecule has 2 heterocycles. The molecule has 0 radical (unpaired) electrons. The molecule has 5 nitrogen and oxygen atoms in total. The second-order valence-electron chi connectivity index (χ2n) is 7.79. The van der Waals surface area contributed by atoms with Gasteiger partial charge in [-0.3, -0.25) is 4.79 Å². The van der Waals surface area contributed by atoms with E-state index < -0.39 is 0 Å². The molecule has 1 aliphatic carbocycles. The number of nitrogens with zero attached hydrogens (tertiary/aromatic N) is 3. The zero-order valence-electron chi connectivity index (χ0n) is 16.3. The van der Waals surface area contributed by atoms with Crippen LogP contribution in [0.25, 0.3) is 11.4 Å². The van der Waals surface area contributed by atoms with E-state index in [4.69, 9.17) is 4.98 Å². The Kier molecular flexibility index (Phi) is 4.72. The number of hydrogen-bond acceptors (Lipinski definition) is 4. The maximum atomic E-state index is 13.4. The van der Waals surface area contributed by atoms with Crippen molar-refractivity contribution in [3.05, 3.63) is 71.9 Å². The number of nitrogens with one attached hydrogen (secondary N) is 1. The van der Waals surface area contributed by atoms with E-state index >= 15 is 0 Å². The Labute approximate surface area is 170 Å². The van der Waals surface area contributed by atoms with Gasteiger partial charge in [-0.1, -0.05) is 61.4 Å². The fourth-order valence-electron chi connectivity index (χ4n) is 4.31. The number of amides is 1. The quantitative estimate of drug-likeness (QED) is 0.708. The first-order valence-electron chi connectivity index (χ1n) is 10.4. The van der Waals surface area contributed by atoms with Crippen molar-refractivity contribution in [3.8, 4) is 11.4 Å². The van der Waals surface area contributed by atoms with Gasteiger partial charge in [-0.2, -0.15) is 0 Å². The number of anilines is 2. The second-order valence-corrected chi connectivity index (χ2v) is 7.79. The van der Waals surface area contributed by atoms with Crippen LogP contribution in [0, 0.1) is 0 Å². The molecular formula is C24H24N4O. The minimum Gasteiger partial charge on any atom is -0.367 e. The van der Waals surface area contributed by atoms with Crippen LogP contribution in [-0.2, 0) is 6.42 Å². The monoisotopic (exact) mass is 384 g/mol. The number of para-hydroxylation sites is 1. The highest BCUT2D eigenvalue weighted by Crippen LogP contribution is 2.30. The van der Waals surface area contributed by atoms with E-state index in [0.717, 1.165) is 36.3 Å². The molecule has 1 aromatic heterocycles. The highest BCUT2D eigenvalue weighted by molar-refractivity contribution is 6.06. The van der Waals surface area contributed by atoms with Crippen molar-refractivity contribution in [1.29, 1.82) is 0 Å². The summed E-state index contributed by atoms with van der Waals surface area (Å²) < 4.78 is 0. The molecule has 0 atom stereocenters. The number of rotatable bonds is 4. The summed E-state index contributed by atoms with van der Waals surface area (Å²) in [5, 5.41) is 3.53. The predicted molar refractivity (Wildman–Crippen MR) is 115 cm³/mol. The second kappa shape index (κ2) is 7.66. The van der Waals surface area contributed by atoms with Gasteiger partial charge < -0.3 is 10.2 Å². The summed E-state index contributed by atoms with van der Waals surface area (Å²) in [4.78, 5) is 24.6. The van der Waals surface area contributed by atoms with Gasteiger partial charge in [-0.15, -0.1) is 0 Å². The average molecular weight is 384 g/mol. The normalized spacial score (nSPS) is 16.1. The van der Waals surface area contributed by atoms with Crippen molar-refractivity contribution in [2.45, 2.75) is 38.1 Å². The molecule has 0 bridgehead atoms. The molecule has 146 valence electrons. The number of hydrogen-bond donors (Lipinski definition) is 1. The highest BCUT2D eigenvalue weighted by Gasteiger charge is 2.27. The molecule has 1 N–H and O–H groups in total. The first kappa shape index (κ1) is 17.9. The van der Waals surface area contributed by atoms with Crippen LogP contribution in [0.15, 0.2) is 60.7 Å². The number of carbonyl (C=O) groups excluding carboxylic acids is 1. The molecule has 1 fully saturated rings. The van der Waals surface area contributed by atoms with Gasteiger partial charge in [0.05, 0.1) is 0 Å². The van der Waals surface area contributed by atoms with Crippen LogP contribution in [0.2, 0.25) is 0 Å². The summed E-state index contributed by atoms with van der Waals surface area (Å²) in [5.41, 5.74) is 3.56. The maximum Gasteiger partial charge on any atom is 0.277 e.